The number of nitrogens with one attached hydrogen (secondary N) is 2. The van der Waals surface area contributed by atoms with Crippen molar-refractivity contribution in [1.29, 1.82) is 10.5 Å². The first kappa shape index (κ1) is 26.5. The summed E-state index contributed by atoms with van der Waals surface area (Å²) in [5.41, 5.74) is 0.273. The smallest absolute Gasteiger partial charge is 0.315 e. The summed E-state index contributed by atoms with van der Waals surface area (Å²) in [6, 6.07) is 4.25. The highest BCUT2D eigenvalue weighted by atomic mass is 32.1. The fraction of sp³-hybridized carbons (Fsp3) is 0.385. The lowest BCUT2D eigenvalue weighted by Gasteiger charge is -2.11. The zero-order chi connectivity index (χ0) is 27.7. The van der Waals surface area contributed by atoms with E-state index in [1.165, 1.54) is 22.7 Å². The summed E-state index contributed by atoms with van der Waals surface area (Å²) in [5.74, 6) is -2.75. The summed E-state index contributed by atoms with van der Waals surface area (Å²) in [6.07, 6.45) is 7.66. The number of halogens is 1. The standard InChI is InChI=1S/C26H23FN6O4S2/c27-18-11-32(12-21(34)30-23-16(9-28)14-5-1-3-7-19(14)38-23)26(37)33(25(18)36)13-22(35)31-24-17(10-29)15-6-2-4-8-20(15)39-24/h11H,1-8,12-13H2,(H,30,34)(H,31,35). The molecule has 5 rings (SSSR count). The van der Waals surface area contributed by atoms with Gasteiger partial charge in [0.05, 0.1) is 17.3 Å². The SMILES string of the molecule is N#Cc1c(NC(=O)Cn2cc(F)c(=O)n(CC(=O)Nc3sc4c(c3C#N)CCCC4)c2=O)sc2c1CCCC2. The van der Waals surface area contributed by atoms with Crippen LogP contribution in [0.15, 0.2) is 15.8 Å². The summed E-state index contributed by atoms with van der Waals surface area (Å²) in [5, 5.41) is 25.1. The molecule has 0 radical (unpaired) electrons. The Labute approximate surface area is 229 Å². The number of anilines is 2. The largest absolute Gasteiger partial charge is 0.332 e. The van der Waals surface area contributed by atoms with Gasteiger partial charge in [-0.3, -0.25) is 19.0 Å². The van der Waals surface area contributed by atoms with Crippen LogP contribution in [0.4, 0.5) is 14.4 Å². The lowest BCUT2D eigenvalue weighted by molar-refractivity contribution is -0.117. The molecule has 0 fully saturated rings. The number of aromatic nitrogens is 2. The van der Waals surface area contributed by atoms with Crippen LogP contribution in [0.25, 0.3) is 0 Å². The van der Waals surface area contributed by atoms with Crippen LogP contribution >= 0.6 is 22.7 Å². The normalized spacial score (nSPS) is 14.0. The molecule has 3 aromatic rings. The van der Waals surface area contributed by atoms with Crippen LogP contribution in [-0.2, 0) is 48.4 Å². The van der Waals surface area contributed by atoms with E-state index in [-0.39, 0.29) is 0 Å². The van der Waals surface area contributed by atoms with E-state index in [4.69, 9.17) is 0 Å². The monoisotopic (exact) mass is 566 g/mol. The van der Waals surface area contributed by atoms with Gasteiger partial charge in [-0.15, -0.1) is 22.7 Å². The fourth-order valence-corrected chi connectivity index (χ4v) is 7.56. The third-order valence-corrected chi connectivity index (χ3v) is 9.30. The third-order valence-electron chi connectivity index (χ3n) is 6.88. The maximum Gasteiger partial charge on any atom is 0.332 e. The van der Waals surface area contributed by atoms with Gasteiger partial charge in [0.25, 0.3) is 5.56 Å². The van der Waals surface area contributed by atoms with Crippen molar-refractivity contribution in [1.82, 2.24) is 9.13 Å². The number of thiophene rings is 2. The molecular formula is C26H23FN6O4S2. The molecular weight excluding hydrogens is 543 g/mol. The molecule has 0 aromatic carbocycles. The van der Waals surface area contributed by atoms with Crippen molar-refractivity contribution in [2.24, 2.45) is 0 Å². The van der Waals surface area contributed by atoms with E-state index in [1.54, 1.807) is 0 Å². The van der Waals surface area contributed by atoms with Crippen molar-refractivity contribution in [2.45, 2.75) is 64.5 Å². The second-order valence-electron chi connectivity index (χ2n) is 9.43. The maximum atomic E-state index is 14.5. The highest BCUT2D eigenvalue weighted by Crippen LogP contribution is 2.38. The molecule has 0 bridgehead atoms. The van der Waals surface area contributed by atoms with Gasteiger partial charge in [-0.2, -0.15) is 14.9 Å². The Bertz CT molecular complexity index is 1700. The Hall–Kier alpha value is -4.07. The van der Waals surface area contributed by atoms with E-state index in [0.29, 0.717) is 36.5 Å². The highest BCUT2D eigenvalue weighted by Gasteiger charge is 2.24. The second-order valence-corrected chi connectivity index (χ2v) is 11.6. The summed E-state index contributed by atoms with van der Waals surface area (Å²) >= 11 is 2.60. The summed E-state index contributed by atoms with van der Waals surface area (Å²) < 4.78 is 15.6. The van der Waals surface area contributed by atoms with Crippen LogP contribution < -0.4 is 21.9 Å². The predicted octanol–water partition coefficient (Wildman–Crippen LogP) is 3.05. The van der Waals surface area contributed by atoms with Crippen molar-refractivity contribution in [3.63, 3.8) is 0 Å². The van der Waals surface area contributed by atoms with Gasteiger partial charge in [-0.05, 0) is 62.5 Å². The van der Waals surface area contributed by atoms with Crippen molar-refractivity contribution in [3.8, 4) is 12.1 Å². The molecule has 0 unspecified atom stereocenters. The molecule has 0 saturated heterocycles. The minimum Gasteiger partial charge on any atom is -0.315 e. The maximum absolute atomic E-state index is 14.5. The molecule has 2 aliphatic carbocycles. The van der Waals surface area contributed by atoms with Crippen molar-refractivity contribution in [3.05, 3.63) is 64.9 Å². The molecule has 0 aliphatic heterocycles. The summed E-state index contributed by atoms with van der Waals surface area (Å²) in [6.45, 7) is -1.41. The number of amides is 2. The van der Waals surface area contributed by atoms with Gasteiger partial charge < -0.3 is 10.6 Å². The van der Waals surface area contributed by atoms with Crippen LogP contribution in [0.1, 0.15) is 57.7 Å². The van der Waals surface area contributed by atoms with Crippen LogP contribution in [-0.4, -0.2) is 20.9 Å². The number of fused-ring (bicyclic) bond motifs is 2. The predicted molar refractivity (Wildman–Crippen MR) is 144 cm³/mol. The number of rotatable bonds is 6. The lowest BCUT2D eigenvalue weighted by atomic mass is 9.96. The minimum absolute atomic E-state index is 0.338. The quantitative estimate of drug-likeness (QED) is 0.468. The van der Waals surface area contributed by atoms with Gasteiger partial charge in [0, 0.05) is 9.75 Å². The van der Waals surface area contributed by atoms with Gasteiger partial charge >= 0.3 is 5.69 Å². The third kappa shape index (κ3) is 5.15. The van der Waals surface area contributed by atoms with E-state index in [9.17, 15) is 34.1 Å². The zero-order valence-electron chi connectivity index (χ0n) is 20.8. The first-order valence-electron chi connectivity index (χ1n) is 12.5. The van der Waals surface area contributed by atoms with Gasteiger partial charge in [0.15, 0.2) is 0 Å². The first-order chi connectivity index (χ1) is 18.8. The number of nitrogens with zero attached hydrogens (tertiary/aromatic N) is 4. The molecule has 0 spiro atoms. The van der Waals surface area contributed by atoms with Crippen LogP contribution in [0.5, 0.6) is 0 Å². The van der Waals surface area contributed by atoms with Crippen molar-refractivity contribution in [2.75, 3.05) is 10.6 Å². The highest BCUT2D eigenvalue weighted by molar-refractivity contribution is 7.17. The number of carbonyl (C=O) groups is 2. The van der Waals surface area contributed by atoms with E-state index < -0.39 is 42.0 Å². The molecule has 13 heteroatoms. The molecule has 0 saturated carbocycles. The number of carbonyl (C=O) groups excluding carboxylic acids is 2. The van der Waals surface area contributed by atoms with E-state index >= 15 is 0 Å². The Morgan fingerprint density at radius 1 is 0.846 bits per heavy atom. The molecule has 3 aromatic heterocycles. The Kier molecular flexibility index (Phi) is 7.46. The van der Waals surface area contributed by atoms with Gasteiger partial charge in [-0.1, -0.05) is 0 Å². The molecule has 0 atom stereocenters. The Morgan fingerprint density at radius 2 is 1.33 bits per heavy atom. The van der Waals surface area contributed by atoms with Crippen molar-refractivity contribution < 1.29 is 14.0 Å². The van der Waals surface area contributed by atoms with Gasteiger partial charge in [-0.25, -0.2) is 9.36 Å². The van der Waals surface area contributed by atoms with Gasteiger partial charge in [0.1, 0.15) is 35.2 Å². The molecule has 10 nitrogen and oxygen atoms in total. The fourth-order valence-electron chi connectivity index (χ4n) is 5.05. The van der Waals surface area contributed by atoms with E-state index in [2.05, 4.69) is 22.8 Å². The average Bonchev–Trinajstić information content (AvgIpc) is 3.45. The molecule has 39 heavy (non-hydrogen) atoms. The van der Waals surface area contributed by atoms with Crippen LogP contribution in [0.3, 0.4) is 0 Å². The minimum atomic E-state index is -1.30. The van der Waals surface area contributed by atoms with E-state index in [0.717, 1.165) is 72.2 Å². The van der Waals surface area contributed by atoms with Crippen LogP contribution in [0.2, 0.25) is 0 Å². The molecule has 2 N–H and O–H groups in total. The number of hydrogen-bond donors (Lipinski definition) is 2. The number of aryl methyl sites for hydroxylation is 2. The topological polar surface area (TPSA) is 150 Å². The summed E-state index contributed by atoms with van der Waals surface area (Å²) in [7, 11) is 0. The molecule has 3 heterocycles. The summed E-state index contributed by atoms with van der Waals surface area (Å²) in [4.78, 5) is 53.0. The first-order valence-corrected chi connectivity index (χ1v) is 14.1. The molecule has 2 amide bonds. The average molecular weight is 567 g/mol. The number of nitriles is 2. The lowest BCUT2D eigenvalue weighted by Crippen LogP contribution is -2.44. The molecule has 2 aliphatic rings. The Balaban J connectivity index is 1.34. The zero-order valence-corrected chi connectivity index (χ0v) is 22.4. The molecule has 200 valence electrons. The van der Waals surface area contributed by atoms with Crippen molar-refractivity contribution >= 4 is 44.5 Å². The second kappa shape index (κ2) is 11.0. The Morgan fingerprint density at radius 3 is 1.85 bits per heavy atom. The van der Waals surface area contributed by atoms with Crippen LogP contribution in [0, 0.1) is 28.5 Å². The van der Waals surface area contributed by atoms with E-state index in [1.807, 2.05) is 0 Å². The number of hydrogen-bond acceptors (Lipinski definition) is 8. The van der Waals surface area contributed by atoms with Gasteiger partial charge in [0.2, 0.25) is 17.6 Å².